The zero-order chi connectivity index (χ0) is 23.9. The molecule has 1 fully saturated rings. The Labute approximate surface area is 188 Å². The zero-order valence-corrected chi connectivity index (χ0v) is 19.3. The number of esters is 2. The number of rotatable bonds is 10. The van der Waals surface area contributed by atoms with Crippen molar-refractivity contribution < 1.29 is 38.4 Å². The van der Waals surface area contributed by atoms with Crippen LogP contribution in [0.1, 0.15) is 24.8 Å². The highest BCUT2D eigenvalue weighted by Crippen LogP contribution is 2.47. The molecule has 4 unspecified atom stereocenters. The number of hydrogen-bond donors (Lipinski definition) is 1. The summed E-state index contributed by atoms with van der Waals surface area (Å²) in [5.74, 6) is -5.29. The molecule has 1 aliphatic rings. The molecule has 0 radical (unpaired) electrons. The van der Waals surface area contributed by atoms with E-state index < -0.39 is 41.1 Å². The third-order valence-electron chi connectivity index (χ3n) is 5.63. The quantitative estimate of drug-likeness (QED) is 0.318. The summed E-state index contributed by atoms with van der Waals surface area (Å²) < 4.78 is 20.4. The second kappa shape index (κ2) is 11.4. The van der Waals surface area contributed by atoms with Gasteiger partial charge in [0.25, 0.3) is 0 Å². The molecule has 1 aromatic rings. The Kier molecular flexibility index (Phi) is 9.18. The number of carbonyl (C=O) groups excluding carboxylic acids is 3. The lowest BCUT2D eigenvalue weighted by atomic mass is 9.61. The molecule has 178 valence electrons. The van der Waals surface area contributed by atoms with E-state index in [-0.39, 0.29) is 32.8 Å². The van der Waals surface area contributed by atoms with E-state index in [2.05, 4.69) is 0 Å². The number of aliphatic hydroxyl groups is 1. The summed E-state index contributed by atoms with van der Waals surface area (Å²) in [4.78, 5) is 40.9. The van der Waals surface area contributed by atoms with Crippen molar-refractivity contribution in [1.29, 1.82) is 0 Å². The minimum absolute atomic E-state index is 0.00883. The Hall–Kier alpha value is -2.49. The molecule has 0 aromatic heterocycles. The maximum atomic E-state index is 13.1. The molecule has 9 heteroatoms. The predicted molar refractivity (Wildman–Crippen MR) is 116 cm³/mol. The number of carbonyl (C=O) groups is 3. The molecule has 0 heterocycles. The zero-order valence-electron chi connectivity index (χ0n) is 19.3. The molecule has 9 nitrogen and oxygen atoms in total. The summed E-state index contributed by atoms with van der Waals surface area (Å²) in [6, 6.07) is 7.15. The Bertz CT molecular complexity index is 790. The lowest BCUT2D eigenvalue weighted by molar-refractivity contribution is -0.174. The van der Waals surface area contributed by atoms with E-state index in [1.54, 1.807) is 12.1 Å². The maximum absolute atomic E-state index is 13.1. The highest BCUT2D eigenvalue weighted by atomic mass is 16.6. The minimum Gasteiger partial charge on any atom is -0.463 e. The van der Waals surface area contributed by atoms with Crippen LogP contribution >= 0.6 is 0 Å². The smallest absolute Gasteiger partial charge is 0.317 e. The first-order chi connectivity index (χ1) is 15.1. The van der Waals surface area contributed by atoms with Crippen LogP contribution in [0.4, 0.5) is 5.69 Å². The molecule has 0 aliphatic heterocycles. The summed E-state index contributed by atoms with van der Waals surface area (Å²) in [5, 5.41) is 11.1. The van der Waals surface area contributed by atoms with Crippen molar-refractivity contribution >= 4 is 23.4 Å². The van der Waals surface area contributed by atoms with E-state index in [9.17, 15) is 19.5 Å². The summed E-state index contributed by atoms with van der Waals surface area (Å²) in [6.45, 7) is 1.75. The third kappa shape index (κ3) is 6.05. The molecule has 1 N–H and O–H groups in total. The number of nitrogens with zero attached hydrogens (tertiary/aromatic N) is 1. The van der Waals surface area contributed by atoms with Gasteiger partial charge < -0.3 is 29.0 Å². The second-order valence-electron chi connectivity index (χ2n) is 8.29. The van der Waals surface area contributed by atoms with Gasteiger partial charge in [0, 0.05) is 46.3 Å². The fourth-order valence-electron chi connectivity index (χ4n) is 4.04. The number of ether oxygens (including phenoxy) is 4. The van der Waals surface area contributed by atoms with Gasteiger partial charge in [-0.1, -0.05) is 12.1 Å². The second-order valence-corrected chi connectivity index (χ2v) is 8.29. The van der Waals surface area contributed by atoms with E-state index in [1.165, 1.54) is 21.1 Å². The van der Waals surface area contributed by atoms with Gasteiger partial charge in [-0.15, -0.1) is 0 Å². The minimum atomic E-state index is -1.70. The number of anilines is 1. The largest absolute Gasteiger partial charge is 0.463 e. The van der Waals surface area contributed by atoms with Gasteiger partial charge in [-0.2, -0.15) is 0 Å². The number of hydrogen-bond acceptors (Lipinski definition) is 9. The number of ketones is 1. The molecule has 1 aromatic carbocycles. The van der Waals surface area contributed by atoms with Crippen LogP contribution in [0.5, 0.6) is 0 Å². The summed E-state index contributed by atoms with van der Waals surface area (Å²) in [7, 11) is 6.72. The van der Waals surface area contributed by atoms with Crippen molar-refractivity contribution in [2.24, 2.45) is 11.8 Å². The number of Topliss-reactive ketones (excluding diaryl/α,β-unsaturated/α-hetero) is 1. The highest BCUT2D eigenvalue weighted by molar-refractivity contribution is 6.02. The first-order valence-electron chi connectivity index (χ1n) is 10.5. The van der Waals surface area contributed by atoms with E-state index in [1.807, 2.05) is 31.1 Å². The summed E-state index contributed by atoms with van der Waals surface area (Å²) in [5.41, 5.74) is -0.234. The van der Waals surface area contributed by atoms with E-state index in [4.69, 9.17) is 18.9 Å². The van der Waals surface area contributed by atoms with Crippen LogP contribution in [0.3, 0.4) is 0 Å². The Morgan fingerprint density at radius 3 is 2.03 bits per heavy atom. The monoisotopic (exact) mass is 451 g/mol. The molecule has 0 amide bonds. The van der Waals surface area contributed by atoms with Crippen LogP contribution in [0.2, 0.25) is 0 Å². The van der Waals surface area contributed by atoms with Crippen molar-refractivity contribution in [2.75, 3.05) is 59.6 Å². The molecule has 0 spiro atoms. The summed E-state index contributed by atoms with van der Waals surface area (Å²) >= 11 is 0. The van der Waals surface area contributed by atoms with Crippen LogP contribution in [0, 0.1) is 11.8 Å². The van der Waals surface area contributed by atoms with Crippen LogP contribution in [-0.2, 0) is 33.3 Å². The molecule has 32 heavy (non-hydrogen) atoms. The van der Waals surface area contributed by atoms with Gasteiger partial charge >= 0.3 is 11.9 Å². The van der Waals surface area contributed by atoms with E-state index in [0.29, 0.717) is 5.56 Å². The summed E-state index contributed by atoms with van der Waals surface area (Å²) in [6.07, 6.45) is -0.368. The van der Waals surface area contributed by atoms with Crippen molar-refractivity contribution in [3.63, 3.8) is 0 Å². The first-order valence-corrected chi connectivity index (χ1v) is 10.5. The SMILES string of the molecule is COCCOC(=O)C1C(=O)CC(C)(O)C(C(=O)OCCOC)C1c1ccc(N(C)C)cc1. The number of benzene rings is 1. The van der Waals surface area contributed by atoms with Crippen LogP contribution < -0.4 is 4.90 Å². The average Bonchev–Trinajstić information content (AvgIpc) is 2.72. The van der Waals surface area contributed by atoms with Crippen molar-refractivity contribution in [3.8, 4) is 0 Å². The van der Waals surface area contributed by atoms with Gasteiger partial charge in [0.15, 0.2) is 5.78 Å². The molecule has 1 saturated carbocycles. The first kappa shape index (κ1) is 25.8. The van der Waals surface area contributed by atoms with Crippen LogP contribution in [0.15, 0.2) is 24.3 Å². The van der Waals surface area contributed by atoms with Gasteiger partial charge in [0.1, 0.15) is 19.1 Å². The van der Waals surface area contributed by atoms with E-state index in [0.717, 1.165) is 5.69 Å². The third-order valence-corrected chi connectivity index (χ3v) is 5.63. The maximum Gasteiger partial charge on any atom is 0.317 e. The van der Waals surface area contributed by atoms with Gasteiger partial charge in [-0.25, -0.2) is 0 Å². The van der Waals surface area contributed by atoms with Crippen LogP contribution in [-0.4, -0.2) is 83.2 Å². The lowest BCUT2D eigenvalue weighted by Gasteiger charge is -2.43. The molecule has 2 rings (SSSR count). The highest BCUT2D eigenvalue weighted by Gasteiger charge is 2.57. The fourth-order valence-corrected chi connectivity index (χ4v) is 4.04. The van der Waals surface area contributed by atoms with Crippen LogP contribution in [0.25, 0.3) is 0 Å². The Morgan fingerprint density at radius 2 is 1.53 bits per heavy atom. The Morgan fingerprint density at radius 1 is 1.00 bits per heavy atom. The molecular formula is C23H33NO8. The van der Waals surface area contributed by atoms with Crippen molar-refractivity contribution in [2.45, 2.75) is 24.9 Å². The van der Waals surface area contributed by atoms with E-state index >= 15 is 0 Å². The normalized spacial score (nSPS) is 25.3. The molecule has 0 bridgehead atoms. The molecule has 0 saturated heterocycles. The van der Waals surface area contributed by atoms with Gasteiger partial charge in [-0.3, -0.25) is 14.4 Å². The average molecular weight is 452 g/mol. The molecular weight excluding hydrogens is 418 g/mol. The molecule has 4 atom stereocenters. The predicted octanol–water partition coefficient (Wildman–Crippen LogP) is 1.17. The standard InChI is InChI=1S/C23H33NO8/c1-23(28)14-17(25)19(21(26)31-12-10-29-4)18(20(23)22(27)32-13-11-30-5)15-6-8-16(9-7-15)24(2)3/h6-9,18-20,28H,10-14H2,1-5H3. The topological polar surface area (TPSA) is 112 Å². The number of methoxy groups -OCH3 is 2. The Balaban J connectivity index is 2.49. The van der Waals surface area contributed by atoms with Crippen molar-refractivity contribution in [3.05, 3.63) is 29.8 Å². The molecule has 1 aliphatic carbocycles. The lowest BCUT2D eigenvalue weighted by Crippen LogP contribution is -2.55. The van der Waals surface area contributed by atoms with Gasteiger partial charge in [0.2, 0.25) is 0 Å². The van der Waals surface area contributed by atoms with Gasteiger partial charge in [-0.05, 0) is 24.6 Å². The fraction of sp³-hybridized carbons (Fsp3) is 0.609. The van der Waals surface area contributed by atoms with Gasteiger partial charge in [0.05, 0.1) is 24.7 Å². The van der Waals surface area contributed by atoms with Crippen molar-refractivity contribution in [1.82, 2.24) is 0 Å².